The van der Waals surface area contributed by atoms with Crippen molar-refractivity contribution in [1.29, 1.82) is 0 Å². The standard InChI is InChI=1S/C12H10N2O4/c15-11(16)8-3-1-4-9(7-8)13-12(17)14-10-5-2-6-18-10/h1-7H,(H,15,16)(H2,13,14,17). The summed E-state index contributed by atoms with van der Waals surface area (Å²) in [6.45, 7) is 0. The lowest BCUT2D eigenvalue weighted by atomic mass is 10.2. The zero-order chi connectivity index (χ0) is 13.0. The summed E-state index contributed by atoms with van der Waals surface area (Å²) in [4.78, 5) is 22.3. The van der Waals surface area contributed by atoms with Crippen LogP contribution < -0.4 is 10.6 Å². The molecule has 3 N–H and O–H groups in total. The average molecular weight is 246 g/mol. The largest absolute Gasteiger partial charge is 0.478 e. The Morgan fingerprint density at radius 2 is 1.94 bits per heavy atom. The molecule has 0 fully saturated rings. The number of rotatable bonds is 3. The first-order chi connectivity index (χ1) is 8.65. The molecule has 0 atom stereocenters. The van der Waals surface area contributed by atoms with Gasteiger partial charge in [0.15, 0.2) is 0 Å². The number of nitrogens with one attached hydrogen (secondary N) is 2. The Bertz CT molecular complexity index is 563. The molecule has 0 spiro atoms. The van der Waals surface area contributed by atoms with E-state index in [2.05, 4.69) is 10.6 Å². The van der Waals surface area contributed by atoms with Gasteiger partial charge < -0.3 is 14.8 Å². The maximum atomic E-state index is 11.5. The van der Waals surface area contributed by atoms with Crippen molar-refractivity contribution in [3.63, 3.8) is 0 Å². The minimum Gasteiger partial charge on any atom is -0.478 e. The molecular formula is C12H10N2O4. The van der Waals surface area contributed by atoms with Crippen LogP contribution in [0.2, 0.25) is 0 Å². The van der Waals surface area contributed by atoms with E-state index in [1.807, 2.05) is 0 Å². The molecule has 0 aliphatic rings. The van der Waals surface area contributed by atoms with E-state index in [1.165, 1.54) is 18.4 Å². The zero-order valence-electron chi connectivity index (χ0n) is 9.21. The van der Waals surface area contributed by atoms with Crippen LogP contribution in [0, 0.1) is 0 Å². The highest BCUT2D eigenvalue weighted by atomic mass is 16.4. The fraction of sp³-hybridized carbons (Fsp3) is 0. The third-order valence-electron chi connectivity index (χ3n) is 2.13. The van der Waals surface area contributed by atoms with Gasteiger partial charge in [-0.3, -0.25) is 5.32 Å². The summed E-state index contributed by atoms with van der Waals surface area (Å²) in [5.41, 5.74) is 0.491. The van der Waals surface area contributed by atoms with E-state index in [9.17, 15) is 9.59 Å². The Morgan fingerprint density at radius 1 is 1.11 bits per heavy atom. The number of hydrogen-bond acceptors (Lipinski definition) is 3. The highest BCUT2D eigenvalue weighted by Crippen LogP contribution is 2.12. The molecule has 18 heavy (non-hydrogen) atoms. The molecule has 1 heterocycles. The van der Waals surface area contributed by atoms with E-state index in [-0.39, 0.29) is 5.56 Å². The number of hydrogen-bond donors (Lipinski definition) is 3. The van der Waals surface area contributed by atoms with Crippen LogP contribution in [0.5, 0.6) is 0 Å². The normalized spacial score (nSPS) is 9.78. The summed E-state index contributed by atoms with van der Waals surface area (Å²) in [5.74, 6) is -0.744. The van der Waals surface area contributed by atoms with E-state index in [4.69, 9.17) is 9.52 Å². The second-order valence-electron chi connectivity index (χ2n) is 3.44. The predicted molar refractivity (Wildman–Crippen MR) is 64.8 cm³/mol. The lowest BCUT2D eigenvalue weighted by Crippen LogP contribution is -2.19. The van der Waals surface area contributed by atoms with Crippen molar-refractivity contribution in [3.8, 4) is 0 Å². The van der Waals surface area contributed by atoms with Crippen molar-refractivity contribution >= 4 is 23.6 Å². The van der Waals surface area contributed by atoms with Gasteiger partial charge in [-0.05, 0) is 24.3 Å². The van der Waals surface area contributed by atoms with E-state index in [0.29, 0.717) is 11.6 Å². The van der Waals surface area contributed by atoms with E-state index >= 15 is 0 Å². The third kappa shape index (κ3) is 2.88. The molecule has 2 amide bonds. The molecule has 1 aromatic heterocycles. The number of aromatic carboxylic acids is 1. The molecule has 0 unspecified atom stereocenters. The lowest BCUT2D eigenvalue weighted by Gasteiger charge is -2.06. The second-order valence-corrected chi connectivity index (χ2v) is 3.44. The van der Waals surface area contributed by atoms with Gasteiger partial charge in [-0.15, -0.1) is 0 Å². The summed E-state index contributed by atoms with van der Waals surface area (Å²) in [5, 5.41) is 13.8. The topological polar surface area (TPSA) is 91.6 Å². The molecule has 0 aliphatic carbocycles. The Kier molecular flexibility index (Phi) is 3.29. The smallest absolute Gasteiger partial charge is 0.335 e. The van der Waals surface area contributed by atoms with E-state index in [1.54, 1.807) is 24.3 Å². The van der Waals surface area contributed by atoms with Crippen molar-refractivity contribution in [1.82, 2.24) is 0 Å². The molecule has 0 bridgehead atoms. The molecule has 0 saturated heterocycles. The van der Waals surface area contributed by atoms with Crippen LogP contribution >= 0.6 is 0 Å². The van der Waals surface area contributed by atoms with Crippen LogP contribution in [0.3, 0.4) is 0 Å². The van der Waals surface area contributed by atoms with Crippen LogP contribution in [0.25, 0.3) is 0 Å². The number of urea groups is 1. The molecule has 2 aromatic rings. The Balaban J connectivity index is 2.03. The maximum absolute atomic E-state index is 11.5. The quantitative estimate of drug-likeness (QED) is 0.776. The van der Waals surface area contributed by atoms with Gasteiger partial charge in [-0.25, -0.2) is 9.59 Å². The fourth-order valence-electron chi connectivity index (χ4n) is 1.35. The Morgan fingerprint density at radius 3 is 2.61 bits per heavy atom. The van der Waals surface area contributed by atoms with Gasteiger partial charge in [0.05, 0.1) is 11.8 Å². The first kappa shape index (κ1) is 11.7. The number of carboxylic acids is 1. The number of furan rings is 1. The van der Waals surface area contributed by atoms with Crippen molar-refractivity contribution in [2.75, 3.05) is 10.6 Å². The highest BCUT2D eigenvalue weighted by Gasteiger charge is 2.07. The number of amides is 2. The summed E-state index contributed by atoms with van der Waals surface area (Å²) in [6, 6.07) is 8.67. The molecular weight excluding hydrogens is 236 g/mol. The van der Waals surface area contributed by atoms with Gasteiger partial charge in [-0.1, -0.05) is 6.07 Å². The highest BCUT2D eigenvalue weighted by molar-refractivity contribution is 5.99. The second kappa shape index (κ2) is 5.05. The van der Waals surface area contributed by atoms with Gasteiger partial charge in [0.1, 0.15) is 0 Å². The van der Waals surface area contributed by atoms with Crippen LogP contribution in [0.1, 0.15) is 10.4 Å². The fourth-order valence-corrected chi connectivity index (χ4v) is 1.35. The SMILES string of the molecule is O=C(Nc1cccc(C(=O)O)c1)Nc1ccco1. The molecule has 6 nitrogen and oxygen atoms in total. The third-order valence-corrected chi connectivity index (χ3v) is 2.13. The van der Waals surface area contributed by atoms with Crippen molar-refractivity contribution in [2.24, 2.45) is 0 Å². The molecule has 0 aliphatic heterocycles. The monoisotopic (exact) mass is 246 g/mol. The van der Waals surface area contributed by atoms with Crippen molar-refractivity contribution < 1.29 is 19.1 Å². The summed E-state index contributed by atoms with van der Waals surface area (Å²) in [6.07, 6.45) is 1.43. The van der Waals surface area contributed by atoms with Gasteiger partial charge in [-0.2, -0.15) is 0 Å². The molecule has 6 heteroatoms. The van der Waals surface area contributed by atoms with Crippen molar-refractivity contribution in [3.05, 3.63) is 48.2 Å². The van der Waals surface area contributed by atoms with E-state index in [0.717, 1.165) is 0 Å². The lowest BCUT2D eigenvalue weighted by molar-refractivity contribution is 0.0697. The number of anilines is 2. The Hall–Kier alpha value is -2.76. The minimum absolute atomic E-state index is 0.103. The first-order valence-electron chi connectivity index (χ1n) is 5.10. The summed E-state index contributed by atoms with van der Waals surface area (Å²) in [7, 11) is 0. The maximum Gasteiger partial charge on any atom is 0.335 e. The van der Waals surface area contributed by atoms with Crippen LogP contribution in [0.15, 0.2) is 47.1 Å². The zero-order valence-corrected chi connectivity index (χ0v) is 9.21. The minimum atomic E-state index is -1.05. The van der Waals surface area contributed by atoms with Gasteiger partial charge in [0.25, 0.3) is 0 Å². The molecule has 0 saturated carbocycles. The van der Waals surface area contributed by atoms with Gasteiger partial charge in [0, 0.05) is 11.8 Å². The van der Waals surface area contributed by atoms with Crippen LogP contribution in [0.4, 0.5) is 16.4 Å². The molecule has 1 aromatic carbocycles. The number of carbonyl (C=O) groups excluding carboxylic acids is 1. The van der Waals surface area contributed by atoms with Crippen molar-refractivity contribution in [2.45, 2.75) is 0 Å². The Labute approximate surface area is 102 Å². The first-order valence-corrected chi connectivity index (χ1v) is 5.10. The van der Waals surface area contributed by atoms with Crippen LogP contribution in [-0.4, -0.2) is 17.1 Å². The molecule has 0 radical (unpaired) electrons. The average Bonchev–Trinajstić information content (AvgIpc) is 2.82. The number of carboxylic acid groups (broad SMARTS) is 1. The van der Waals surface area contributed by atoms with Gasteiger partial charge >= 0.3 is 12.0 Å². The summed E-state index contributed by atoms with van der Waals surface area (Å²) < 4.78 is 4.94. The number of benzene rings is 1. The number of carbonyl (C=O) groups is 2. The van der Waals surface area contributed by atoms with Gasteiger partial charge in [0.2, 0.25) is 5.88 Å². The molecule has 92 valence electrons. The van der Waals surface area contributed by atoms with Crippen LogP contribution in [-0.2, 0) is 0 Å². The van der Waals surface area contributed by atoms with E-state index < -0.39 is 12.0 Å². The summed E-state index contributed by atoms with van der Waals surface area (Å²) >= 11 is 0. The predicted octanol–water partition coefficient (Wildman–Crippen LogP) is 2.62. The molecule has 2 rings (SSSR count).